The summed E-state index contributed by atoms with van der Waals surface area (Å²) in [4.78, 5) is 12.3. The molecular formula is C17H24N2O. The number of rotatable bonds is 5. The summed E-state index contributed by atoms with van der Waals surface area (Å²) in [5, 5.41) is 3.09. The molecule has 3 N–H and O–H groups in total. The van der Waals surface area contributed by atoms with Gasteiger partial charge in [-0.2, -0.15) is 0 Å². The molecule has 108 valence electrons. The van der Waals surface area contributed by atoms with Crippen molar-refractivity contribution in [1.29, 1.82) is 0 Å². The largest absolute Gasteiger partial charge is 0.356 e. The standard InChI is InChI=1S/C17H24N2O/c1-11(18)5-4-10-19-17(20)16-14-9-8-12-6-2-3-7-13(12)15(14)16/h2-3,6-7,11,14-16H,4-5,8-10,18H2,1H3,(H,19,20). The number of amides is 1. The third-order valence-electron chi connectivity index (χ3n) is 4.77. The van der Waals surface area contributed by atoms with E-state index in [9.17, 15) is 4.79 Å². The first-order valence-corrected chi connectivity index (χ1v) is 7.79. The van der Waals surface area contributed by atoms with Gasteiger partial charge < -0.3 is 11.1 Å². The Morgan fingerprint density at radius 2 is 2.25 bits per heavy atom. The third kappa shape index (κ3) is 2.59. The smallest absolute Gasteiger partial charge is 0.224 e. The van der Waals surface area contributed by atoms with E-state index in [1.165, 1.54) is 17.5 Å². The first-order valence-electron chi connectivity index (χ1n) is 7.79. The van der Waals surface area contributed by atoms with E-state index in [1.54, 1.807) is 0 Å². The van der Waals surface area contributed by atoms with Crippen molar-refractivity contribution in [3.63, 3.8) is 0 Å². The molecule has 0 spiro atoms. The Balaban J connectivity index is 1.55. The zero-order chi connectivity index (χ0) is 14.1. The lowest BCUT2D eigenvalue weighted by Crippen LogP contribution is -2.28. The van der Waals surface area contributed by atoms with Crippen LogP contribution in [0.3, 0.4) is 0 Å². The van der Waals surface area contributed by atoms with Crippen molar-refractivity contribution in [2.45, 2.75) is 44.6 Å². The quantitative estimate of drug-likeness (QED) is 0.807. The van der Waals surface area contributed by atoms with Gasteiger partial charge >= 0.3 is 0 Å². The van der Waals surface area contributed by atoms with E-state index in [-0.39, 0.29) is 17.9 Å². The Kier molecular flexibility index (Phi) is 3.79. The number of carbonyl (C=O) groups excluding carboxylic acids is 1. The number of benzene rings is 1. The minimum absolute atomic E-state index is 0.217. The number of nitrogens with two attached hydrogens (primary N) is 1. The fourth-order valence-electron chi connectivity index (χ4n) is 3.68. The monoisotopic (exact) mass is 272 g/mol. The van der Waals surface area contributed by atoms with Gasteiger partial charge in [-0.3, -0.25) is 4.79 Å². The van der Waals surface area contributed by atoms with Gasteiger partial charge in [0, 0.05) is 18.5 Å². The average molecular weight is 272 g/mol. The van der Waals surface area contributed by atoms with Crippen molar-refractivity contribution >= 4 is 5.91 Å². The summed E-state index contributed by atoms with van der Waals surface area (Å²) in [5.41, 5.74) is 8.58. The van der Waals surface area contributed by atoms with Crippen LogP contribution in [0.25, 0.3) is 0 Å². The highest BCUT2D eigenvalue weighted by Gasteiger charge is 2.56. The lowest BCUT2D eigenvalue weighted by molar-refractivity contribution is -0.122. The van der Waals surface area contributed by atoms with Crippen molar-refractivity contribution in [3.05, 3.63) is 35.4 Å². The maximum absolute atomic E-state index is 12.3. The molecule has 2 aliphatic carbocycles. The normalized spacial score (nSPS) is 28.2. The molecule has 1 amide bonds. The molecule has 2 aliphatic rings. The van der Waals surface area contributed by atoms with E-state index < -0.39 is 0 Å². The zero-order valence-corrected chi connectivity index (χ0v) is 12.1. The SMILES string of the molecule is CC(N)CCCNC(=O)C1C2CCc3ccccc3C21. The van der Waals surface area contributed by atoms with Crippen LogP contribution in [0.4, 0.5) is 0 Å². The number of aryl methyl sites for hydroxylation is 1. The van der Waals surface area contributed by atoms with Crippen molar-refractivity contribution in [2.24, 2.45) is 17.6 Å². The Morgan fingerprint density at radius 3 is 3.05 bits per heavy atom. The predicted molar refractivity (Wildman–Crippen MR) is 80.4 cm³/mol. The number of carbonyl (C=O) groups is 1. The number of hydrogen-bond donors (Lipinski definition) is 2. The summed E-state index contributed by atoms with van der Waals surface area (Å²) in [6.07, 6.45) is 4.24. The summed E-state index contributed by atoms with van der Waals surface area (Å²) < 4.78 is 0. The van der Waals surface area contributed by atoms with Crippen LogP contribution in [0, 0.1) is 11.8 Å². The van der Waals surface area contributed by atoms with Crippen molar-refractivity contribution in [1.82, 2.24) is 5.32 Å². The Hall–Kier alpha value is -1.35. The average Bonchev–Trinajstić information content (AvgIpc) is 3.18. The van der Waals surface area contributed by atoms with Gasteiger partial charge in [0.25, 0.3) is 0 Å². The molecule has 0 saturated heterocycles. The molecule has 0 aromatic heterocycles. The van der Waals surface area contributed by atoms with E-state index >= 15 is 0 Å². The van der Waals surface area contributed by atoms with Gasteiger partial charge in [-0.25, -0.2) is 0 Å². The van der Waals surface area contributed by atoms with Crippen LogP contribution in [0.15, 0.2) is 24.3 Å². The van der Waals surface area contributed by atoms with Gasteiger partial charge in [-0.05, 0) is 55.6 Å². The predicted octanol–water partition coefficient (Wildman–Crippen LogP) is 2.21. The molecule has 0 heterocycles. The second-order valence-electron chi connectivity index (χ2n) is 6.36. The third-order valence-corrected chi connectivity index (χ3v) is 4.77. The molecule has 1 aromatic carbocycles. The van der Waals surface area contributed by atoms with E-state index in [2.05, 4.69) is 29.6 Å². The van der Waals surface area contributed by atoms with Crippen LogP contribution < -0.4 is 11.1 Å². The van der Waals surface area contributed by atoms with Crippen LogP contribution in [-0.2, 0) is 11.2 Å². The van der Waals surface area contributed by atoms with Crippen LogP contribution in [0.1, 0.15) is 43.2 Å². The minimum Gasteiger partial charge on any atom is -0.356 e. The maximum Gasteiger partial charge on any atom is 0.224 e. The van der Waals surface area contributed by atoms with Gasteiger partial charge in [-0.15, -0.1) is 0 Å². The van der Waals surface area contributed by atoms with E-state index in [0.29, 0.717) is 11.8 Å². The van der Waals surface area contributed by atoms with Crippen molar-refractivity contribution in [3.8, 4) is 0 Å². The second-order valence-corrected chi connectivity index (χ2v) is 6.36. The van der Waals surface area contributed by atoms with Crippen LogP contribution in [0.5, 0.6) is 0 Å². The molecule has 1 saturated carbocycles. The van der Waals surface area contributed by atoms with Crippen molar-refractivity contribution in [2.75, 3.05) is 6.54 Å². The molecule has 1 fully saturated rings. The fraction of sp³-hybridized carbons (Fsp3) is 0.588. The summed E-state index contributed by atoms with van der Waals surface area (Å²) in [6.45, 7) is 2.77. The molecule has 3 heteroatoms. The van der Waals surface area contributed by atoms with E-state index in [4.69, 9.17) is 5.73 Å². The minimum atomic E-state index is 0.217. The number of nitrogens with one attached hydrogen (secondary N) is 1. The lowest BCUT2D eigenvalue weighted by atomic mass is 9.92. The van der Waals surface area contributed by atoms with Crippen LogP contribution in [-0.4, -0.2) is 18.5 Å². The highest BCUT2D eigenvalue weighted by atomic mass is 16.2. The topological polar surface area (TPSA) is 55.1 Å². The summed E-state index contributed by atoms with van der Waals surface area (Å²) in [6, 6.07) is 8.83. The highest BCUT2D eigenvalue weighted by Crippen LogP contribution is 2.59. The van der Waals surface area contributed by atoms with Gasteiger partial charge in [-0.1, -0.05) is 24.3 Å². The van der Waals surface area contributed by atoms with Gasteiger partial charge in [0.2, 0.25) is 5.91 Å². The molecule has 0 bridgehead atoms. The summed E-state index contributed by atoms with van der Waals surface area (Å²) in [7, 11) is 0. The molecule has 20 heavy (non-hydrogen) atoms. The molecule has 0 radical (unpaired) electrons. The fourth-order valence-corrected chi connectivity index (χ4v) is 3.68. The molecule has 3 rings (SSSR count). The number of fused-ring (bicyclic) bond motifs is 3. The second kappa shape index (κ2) is 5.57. The number of hydrogen-bond acceptors (Lipinski definition) is 2. The van der Waals surface area contributed by atoms with Gasteiger partial charge in [0.15, 0.2) is 0 Å². The highest BCUT2D eigenvalue weighted by molar-refractivity contribution is 5.84. The Bertz CT molecular complexity index is 498. The Labute approximate surface area is 120 Å². The lowest BCUT2D eigenvalue weighted by Gasteiger charge is -2.13. The van der Waals surface area contributed by atoms with Crippen LogP contribution >= 0.6 is 0 Å². The van der Waals surface area contributed by atoms with E-state index in [1.807, 2.05) is 6.92 Å². The summed E-state index contributed by atoms with van der Waals surface area (Å²) >= 11 is 0. The Morgan fingerprint density at radius 1 is 1.45 bits per heavy atom. The summed E-state index contributed by atoms with van der Waals surface area (Å²) in [5.74, 6) is 1.53. The van der Waals surface area contributed by atoms with E-state index in [0.717, 1.165) is 25.8 Å². The molecular weight excluding hydrogens is 248 g/mol. The molecule has 3 nitrogen and oxygen atoms in total. The first kappa shape index (κ1) is 13.6. The zero-order valence-electron chi connectivity index (χ0n) is 12.1. The molecule has 0 aliphatic heterocycles. The van der Waals surface area contributed by atoms with Gasteiger partial charge in [0.05, 0.1) is 0 Å². The van der Waals surface area contributed by atoms with Crippen molar-refractivity contribution < 1.29 is 4.79 Å². The maximum atomic E-state index is 12.3. The molecule has 4 atom stereocenters. The van der Waals surface area contributed by atoms with Crippen LogP contribution in [0.2, 0.25) is 0 Å². The first-order chi connectivity index (χ1) is 9.68. The molecule has 4 unspecified atom stereocenters. The van der Waals surface area contributed by atoms with Gasteiger partial charge in [0.1, 0.15) is 0 Å². The molecule has 1 aromatic rings.